The quantitative estimate of drug-likeness (QED) is 0.796. The number of carbonyl (C=O) groups excluding carboxylic acids is 1. The summed E-state index contributed by atoms with van der Waals surface area (Å²) < 4.78 is 5.16. The molecule has 0 heterocycles. The lowest BCUT2D eigenvalue weighted by atomic mass is 9.96. The van der Waals surface area contributed by atoms with Gasteiger partial charge in [-0.2, -0.15) is 0 Å². The van der Waals surface area contributed by atoms with Gasteiger partial charge in [-0.3, -0.25) is 4.79 Å². The summed E-state index contributed by atoms with van der Waals surface area (Å²) in [6, 6.07) is 9.22. The summed E-state index contributed by atoms with van der Waals surface area (Å²) in [4.78, 5) is 11.8. The molecule has 0 bridgehead atoms. The zero-order chi connectivity index (χ0) is 14.3. The van der Waals surface area contributed by atoms with E-state index in [0.29, 0.717) is 22.2 Å². The van der Waals surface area contributed by atoms with Crippen molar-refractivity contribution < 1.29 is 9.53 Å². The molecule has 0 N–H and O–H groups in total. The predicted octanol–water partition coefficient (Wildman–Crippen LogP) is 4.80. The minimum atomic E-state index is 0.192. The topological polar surface area (TPSA) is 26.3 Å². The van der Waals surface area contributed by atoms with Gasteiger partial charge in [0.25, 0.3) is 0 Å². The average molecular weight is 307 g/mol. The van der Waals surface area contributed by atoms with Gasteiger partial charge in [0.1, 0.15) is 5.75 Å². The van der Waals surface area contributed by atoms with E-state index in [9.17, 15) is 4.79 Å². The molecule has 0 radical (unpaired) electrons. The molecule has 0 fully saturated rings. The van der Waals surface area contributed by atoms with Crippen molar-refractivity contribution in [3.63, 3.8) is 0 Å². The van der Waals surface area contributed by atoms with Gasteiger partial charge in [0.15, 0.2) is 5.78 Å². The molecule has 2 aromatic rings. The first-order valence-electron chi connectivity index (χ1n) is 6.30. The van der Waals surface area contributed by atoms with Gasteiger partial charge < -0.3 is 4.74 Å². The number of ether oxygens (including phenoxy) is 1. The maximum absolute atomic E-state index is 11.8. The molecule has 2 nitrogen and oxygen atoms in total. The Kier molecular flexibility index (Phi) is 3.45. The number of hydrogen-bond acceptors (Lipinski definition) is 2. The van der Waals surface area contributed by atoms with E-state index in [4.69, 9.17) is 27.9 Å². The number of halogens is 2. The summed E-state index contributed by atoms with van der Waals surface area (Å²) in [6.07, 6.45) is 1.32. The molecule has 20 heavy (non-hydrogen) atoms. The zero-order valence-electron chi connectivity index (χ0n) is 10.9. The fourth-order valence-corrected chi connectivity index (χ4v) is 3.13. The second-order valence-corrected chi connectivity index (χ2v) is 5.54. The zero-order valence-corrected chi connectivity index (χ0v) is 12.4. The molecule has 0 atom stereocenters. The van der Waals surface area contributed by atoms with Crippen LogP contribution in [0.15, 0.2) is 30.3 Å². The van der Waals surface area contributed by atoms with Gasteiger partial charge in [0, 0.05) is 23.6 Å². The van der Waals surface area contributed by atoms with Crippen LogP contribution in [0.25, 0.3) is 11.1 Å². The Bertz CT molecular complexity index is 708. The summed E-state index contributed by atoms with van der Waals surface area (Å²) in [5.41, 5.74) is 3.66. The van der Waals surface area contributed by atoms with E-state index < -0.39 is 0 Å². The molecule has 0 unspecified atom stereocenters. The molecule has 0 saturated heterocycles. The highest BCUT2D eigenvalue weighted by atomic mass is 35.5. The second-order valence-electron chi connectivity index (χ2n) is 4.72. The molecule has 1 aliphatic rings. The van der Waals surface area contributed by atoms with Crippen molar-refractivity contribution in [1.82, 2.24) is 0 Å². The summed E-state index contributed by atoms with van der Waals surface area (Å²) in [5.74, 6) is 0.738. The van der Waals surface area contributed by atoms with Crippen LogP contribution in [0.1, 0.15) is 22.3 Å². The van der Waals surface area contributed by atoms with E-state index in [1.54, 1.807) is 19.2 Å². The first-order valence-corrected chi connectivity index (χ1v) is 7.06. The maximum Gasteiger partial charge on any atom is 0.163 e. The Balaban J connectivity index is 2.20. The van der Waals surface area contributed by atoms with Crippen LogP contribution in [-0.4, -0.2) is 12.9 Å². The van der Waals surface area contributed by atoms with E-state index >= 15 is 0 Å². The van der Waals surface area contributed by atoms with E-state index in [0.717, 1.165) is 28.7 Å². The van der Waals surface area contributed by atoms with Crippen molar-refractivity contribution in [2.24, 2.45) is 0 Å². The Morgan fingerprint density at radius 1 is 1.00 bits per heavy atom. The third kappa shape index (κ3) is 2.09. The third-order valence-corrected chi connectivity index (χ3v) is 4.22. The summed E-state index contributed by atoms with van der Waals surface area (Å²) in [5, 5.41) is 1.08. The van der Waals surface area contributed by atoms with Gasteiger partial charge in [0.2, 0.25) is 0 Å². The lowest BCUT2D eigenvalue weighted by Crippen LogP contribution is -1.93. The van der Waals surface area contributed by atoms with Crippen LogP contribution in [0.5, 0.6) is 5.75 Å². The second kappa shape index (κ2) is 5.12. The van der Waals surface area contributed by atoms with Gasteiger partial charge in [-0.05, 0) is 23.6 Å². The van der Waals surface area contributed by atoms with Gasteiger partial charge in [-0.15, -0.1) is 0 Å². The normalized spacial score (nSPS) is 13.4. The van der Waals surface area contributed by atoms with Crippen LogP contribution in [0.2, 0.25) is 10.0 Å². The van der Waals surface area contributed by atoms with Gasteiger partial charge in [0.05, 0.1) is 17.2 Å². The highest BCUT2D eigenvalue weighted by Gasteiger charge is 2.23. The van der Waals surface area contributed by atoms with Crippen molar-refractivity contribution >= 4 is 29.0 Å². The molecular weight excluding hydrogens is 295 g/mol. The van der Waals surface area contributed by atoms with Gasteiger partial charge in [-0.1, -0.05) is 41.4 Å². The van der Waals surface area contributed by atoms with E-state index in [2.05, 4.69) is 0 Å². The fourth-order valence-electron chi connectivity index (χ4n) is 2.63. The lowest BCUT2D eigenvalue weighted by molar-refractivity contribution is 0.0994. The molecule has 1 aliphatic carbocycles. The maximum atomic E-state index is 11.8. The minimum absolute atomic E-state index is 0.192. The van der Waals surface area contributed by atoms with Crippen LogP contribution in [-0.2, 0) is 6.42 Å². The molecule has 0 spiro atoms. The molecule has 4 heteroatoms. The number of ketones is 1. The van der Waals surface area contributed by atoms with Crippen molar-refractivity contribution in [1.29, 1.82) is 0 Å². The molecule has 0 aromatic heterocycles. The predicted molar refractivity (Wildman–Crippen MR) is 81.1 cm³/mol. The number of Topliss-reactive ketones (excluding diaryl/α,β-unsaturated/α-hetero) is 1. The molecular formula is C16H12Cl2O2. The summed E-state index contributed by atoms with van der Waals surface area (Å²) in [7, 11) is 1.55. The number of methoxy groups -OCH3 is 1. The Hall–Kier alpha value is -1.51. The molecule has 102 valence electrons. The Labute approximate surface area is 127 Å². The SMILES string of the molecule is COc1cc(Cl)c(-c2cccc3c2CCC3=O)cc1Cl. The van der Waals surface area contributed by atoms with Gasteiger partial charge >= 0.3 is 0 Å². The van der Waals surface area contributed by atoms with Crippen LogP contribution in [0.3, 0.4) is 0 Å². The van der Waals surface area contributed by atoms with E-state index in [1.165, 1.54) is 0 Å². The van der Waals surface area contributed by atoms with Crippen molar-refractivity contribution in [3.8, 4) is 16.9 Å². The highest BCUT2D eigenvalue weighted by molar-refractivity contribution is 6.36. The number of benzene rings is 2. The van der Waals surface area contributed by atoms with Crippen LogP contribution in [0.4, 0.5) is 0 Å². The monoisotopic (exact) mass is 306 g/mol. The first kappa shape index (κ1) is 13.5. The molecule has 2 aromatic carbocycles. The summed E-state index contributed by atoms with van der Waals surface area (Å²) >= 11 is 12.5. The first-order chi connectivity index (χ1) is 9.61. The number of hydrogen-bond donors (Lipinski definition) is 0. The minimum Gasteiger partial charge on any atom is -0.495 e. The molecule has 0 saturated carbocycles. The van der Waals surface area contributed by atoms with Crippen LogP contribution < -0.4 is 4.74 Å². The van der Waals surface area contributed by atoms with E-state index in [-0.39, 0.29) is 5.78 Å². The van der Waals surface area contributed by atoms with Crippen molar-refractivity contribution in [2.75, 3.05) is 7.11 Å². The van der Waals surface area contributed by atoms with E-state index in [1.807, 2.05) is 18.2 Å². The number of carbonyl (C=O) groups is 1. The Morgan fingerprint density at radius 3 is 2.50 bits per heavy atom. The molecule has 0 aliphatic heterocycles. The lowest BCUT2D eigenvalue weighted by Gasteiger charge is -2.12. The highest BCUT2D eigenvalue weighted by Crippen LogP contribution is 2.40. The standard InChI is InChI=1S/C16H12Cl2O2/c1-20-16-8-13(17)12(7-14(16)18)9-3-2-4-11-10(9)5-6-15(11)19/h2-4,7-8H,5-6H2,1H3. The summed E-state index contributed by atoms with van der Waals surface area (Å²) in [6.45, 7) is 0. The number of fused-ring (bicyclic) bond motifs is 1. The Morgan fingerprint density at radius 2 is 1.75 bits per heavy atom. The smallest absolute Gasteiger partial charge is 0.163 e. The van der Waals surface area contributed by atoms with Crippen molar-refractivity contribution in [3.05, 3.63) is 51.5 Å². The molecule has 3 rings (SSSR count). The number of rotatable bonds is 2. The third-order valence-electron chi connectivity index (χ3n) is 3.61. The largest absolute Gasteiger partial charge is 0.495 e. The van der Waals surface area contributed by atoms with Crippen molar-refractivity contribution in [2.45, 2.75) is 12.8 Å². The van der Waals surface area contributed by atoms with Gasteiger partial charge in [-0.25, -0.2) is 0 Å². The van der Waals surface area contributed by atoms with Crippen LogP contribution in [0, 0.1) is 0 Å². The fraction of sp³-hybridized carbons (Fsp3) is 0.188. The molecule has 0 amide bonds. The van der Waals surface area contributed by atoms with Crippen LogP contribution >= 0.6 is 23.2 Å². The average Bonchev–Trinajstić information content (AvgIpc) is 2.83.